The molecule has 27 heavy (non-hydrogen) atoms. The van der Waals surface area contributed by atoms with Crippen molar-refractivity contribution in [1.82, 2.24) is 24.6 Å². The second-order valence-corrected chi connectivity index (χ2v) is 7.47. The molecule has 3 heterocycles. The summed E-state index contributed by atoms with van der Waals surface area (Å²) in [5.74, 6) is 2.06. The van der Waals surface area contributed by atoms with Crippen LogP contribution in [0.5, 0.6) is 0 Å². The molecule has 0 saturated carbocycles. The number of rotatable bonds is 4. The highest BCUT2D eigenvalue weighted by molar-refractivity contribution is 5.94. The molecule has 2 aliphatic rings. The predicted molar refractivity (Wildman–Crippen MR) is 101 cm³/mol. The molecule has 0 aliphatic carbocycles. The lowest BCUT2D eigenvalue weighted by Gasteiger charge is -2.25. The van der Waals surface area contributed by atoms with E-state index in [0.717, 1.165) is 68.2 Å². The molecule has 7 nitrogen and oxygen atoms in total. The number of aromatic nitrogens is 3. The molecule has 2 aliphatic heterocycles. The zero-order chi connectivity index (χ0) is 18.8. The number of fused-ring (bicyclic) bond motifs is 1. The van der Waals surface area contributed by atoms with Gasteiger partial charge in [0, 0.05) is 45.3 Å². The van der Waals surface area contributed by atoms with Crippen LogP contribution in [0.3, 0.4) is 0 Å². The van der Waals surface area contributed by atoms with E-state index in [-0.39, 0.29) is 11.9 Å². The number of nitrogens with zero attached hydrogens (tertiary/aromatic N) is 5. The Morgan fingerprint density at radius 3 is 2.74 bits per heavy atom. The third kappa shape index (κ3) is 3.61. The van der Waals surface area contributed by atoms with Gasteiger partial charge in [-0.05, 0) is 37.6 Å². The summed E-state index contributed by atoms with van der Waals surface area (Å²) in [4.78, 5) is 17.4. The molecule has 0 radical (unpaired) electrons. The molecule has 1 amide bonds. The minimum atomic E-state index is 0.0146. The number of methoxy groups -OCH3 is 1. The fourth-order valence-electron chi connectivity index (χ4n) is 4.05. The first-order chi connectivity index (χ1) is 13.2. The van der Waals surface area contributed by atoms with Crippen molar-refractivity contribution in [3.63, 3.8) is 0 Å². The Kier molecular flexibility index (Phi) is 5.22. The molecule has 1 aromatic carbocycles. The van der Waals surface area contributed by atoms with Crippen LogP contribution in [0, 0.1) is 0 Å². The topological polar surface area (TPSA) is 63.5 Å². The van der Waals surface area contributed by atoms with Crippen molar-refractivity contribution >= 4 is 5.91 Å². The lowest BCUT2D eigenvalue weighted by atomic mass is 10.1. The van der Waals surface area contributed by atoms with Crippen molar-refractivity contribution in [3.05, 3.63) is 47.0 Å². The van der Waals surface area contributed by atoms with E-state index < -0.39 is 0 Å². The van der Waals surface area contributed by atoms with Crippen molar-refractivity contribution in [2.75, 3.05) is 33.8 Å². The SMILES string of the molecule is COCc1ccc(C(=O)N2CCC[C@H]2c2nnc3n2CCN(C)CC3)cc1. The lowest BCUT2D eigenvalue weighted by molar-refractivity contribution is 0.0727. The Balaban J connectivity index is 1.56. The van der Waals surface area contributed by atoms with Crippen LogP contribution in [0.4, 0.5) is 0 Å². The monoisotopic (exact) mass is 369 g/mol. The van der Waals surface area contributed by atoms with Gasteiger partial charge < -0.3 is 19.1 Å². The molecule has 2 aromatic rings. The number of amides is 1. The second-order valence-electron chi connectivity index (χ2n) is 7.47. The maximum Gasteiger partial charge on any atom is 0.254 e. The molecule has 7 heteroatoms. The number of likely N-dealkylation sites (tertiary alicyclic amines) is 1. The first kappa shape index (κ1) is 18.1. The van der Waals surface area contributed by atoms with Gasteiger partial charge in [-0.25, -0.2) is 0 Å². The van der Waals surface area contributed by atoms with Gasteiger partial charge in [-0.2, -0.15) is 0 Å². The molecule has 0 unspecified atom stereocenters. The fourth-order valence-corrected chi connectivity index (χ4v) is 4.05. The number of carbonyl (C=O) groups is 1. The van der Waals surface area contributed by atoms with Crippen LogP contribution in [-0.2, 0) is 24.3 Å². The summed E-state index contributed by atoms with van der Waals surface area (Å²) in [7, 11) is 3.81. The molecular weight excluding hydrogens is 342 g/mol. The number of carbonyl (C=O) groups excluding carboxylic acids is 1. The van der Waals surface area contributed by atoms with Crippen LogP contribution < -0.4 is 0 Å². The first-order valence-corrected chi connectivity index (χ1v) is 9.66. The minimum absolute atomic E-state index is 0.0146. The molecule has 1 saturated heterocycles. The van der Waals surface area contributed by atoms with Gasteiger partial charge in [-0.3, -0.25) is 4.79 Å². The molecule has 1 fully saturated rings. The third-order valence-corrected chi connectivity index (χ3v) is 5.60. The van der Waals surface area contributed by atoms with Crippen LogP contribution >= 0.6 is 0 Å². The van der Waals surface area contributed by atoms with Crippen molar-refractivity contribution in [2.24, 2.45) is 0 Å². The van der Waals surface area contributed by atoms with E-state index in [0.29, 0.717) is 6.61 Å². The smallest absolute Gasteiger partial charge is 0.254 e. The third-order valence-electron chi connectivity index (χ3n) is 5.60. The van der Waals surface area contributed by atoms with E-state index in [1.54, 1.807) is 7.11 Å². The average molecular weight is 369 g/mol. The maximum atomic E-state index is 13.1. The number of hydrogen-bond donors (Lipinski definition) is 0. The van der Waals surface area contributed by atoms with E-state index in [2.05, 4.69) is 26.7 Å². The summed E-state index contributed by atoms with van der Waals surface area (Å²) in [6.07, 6.45) is 2.85. The van der Waals surface area contributed by atoms with E-state index in [4.69, 9.17) is 4.74 Å². The highest BCUT2D eigenvalue weighted by Crippen LogP contribution is 2.33. The van der Waals surface area contributed by atoms with Gasteiger partial charge in [-0.1, -0.05) is 12.1 Å². The van der Waals surface area contributed by atoms with Gasteiger partial charge in [0.25, 0.3) is 5.91 Å². The standard InChI is InChI=1S/C20H27N5O2/c1-23-11-9-18-21-22-19(25(18)13-12-23)17-4-3-10-24(17)20(26)16-7-5-15(6-8-16)14-27-2/h5-8,17H,3-4,9-14H2,1-2H3/t17-/m0/s1. The van der Waals surface area contributed by atoms with Crippen LogP contribution in [0.1, 0.15) is 46.5 Å². The van der Waals surface area contributed by atoms with Crippen molar-refractivity contribution in [1.29, 1.82) is 0 Å². The number of benzene rings is 1. The molecule has 1 atom stereocenters. The number of hydrogen-bond acceptors (Lipinski definition) is 5. The van der Waals surface area contributed by atoms with Crippen LogP contribution in [0.15, 0.2) is 24.3 Å². The summed E-state index contributed by atoms with van der Waals surface area (Å²) in [6, 6.07) is 7.72. The van der Waals surface area contributed by atoms with Gasteiger partial charge in [0.05, 0.1) is 12.6 Å². The summed E-state index contributed by atoms with van der Waals surface area (Å²) in [6.45, 7) is 4.20. The maximum absolute atomic E-state index is 13.1. The summed E-state index contributed by atoms with van der Waals surface area (Å²) in [5, 5.41) is 8.92. The van der Waals surface area contributed by atoms with E-state index in [1.807, 2.05) is 29.2 Å². The van der Waals surface area contributed by atoms with E-state index in [1.165, 1.54) is 0 Å². The van der Waals surface area contributed by atoms with Crippen molar-refractivity contribution in [2.45, 2.75) is 38.5 Å². The van der Waals surface area contributed by atoms with E-state index >= 15 is 0 Å². The molecule has 4 rings (SSSR count). The number of likely N-dealkylation sites (N-methyl/N-ethyl adjacent to an activating group) is 1. The van der Waals surface area contributed by atoms with Crippen LogP contribution in [-0.4, -0.2) is 64.3 Å². The van der Waals surface area contributed by atoms with Gasteiger partial charge in [0.2, 0.25) is 0 Å². The molecule has 1 aromatic heterocycles. The van der Waals surface area contributed by atoms with Gasteiger partial charge in [-0.15, -0.1) is 10.2 Å². The molecule has 144 valence electrons. The Bertz CT molecular complexity index is 801. The van der Waals surface area contributed by atoms with Gasteiger partial charge in [0.1, 0.15) is 5.82 Å². The van der Waals surface area contributed by atoms with Crippen molar-refractivity contribution < 1.29 is 9.53 Å². The van der Waals surface area contributed by atoms with Crippen molar-refractivity contribution in [3.8, 4) is 0 Å². The Morgan fingerprint density at radius 1 is 1.15 bits per heavy atom. The van der Waals surface area contributed by atoms with Gasteiger partial charge >= 0.3 is 0 Å². The highest BCUT2D eigenvalue weighted by atomic mass is 16.5. The second kappa shape index (κ2) is 7.78. The quantitative estimate of drug-likeness (QED) is 0.824. The van der Waals surface area contributed by atoms with Crippen LogP contribution in [0.25, 0.3) is 0 Å². The van der Waals surface area contributed by atoms with Crippen LogP contribution in [0.2, 0.25) is 0 Å². The zero-order valence-corrected chi connectivity index (χ0v) is 16.1. The van der Waals surface area contributed by atoms with Gasteiger partial charge in [0.15, 0.2) is 5.82 Å². The zero-order valence-electron chi connectivity index (χ0n) is 16.1. The minimum Gasteiger partial charge on any atom is -0.380 e. The van der Waals surface area contributed by atoms with E-state index in [9.17, 15) is 4.79 Å². The summed E-state index contributed by atoms with van der Waals surface area (Å²) >= 11 is 0. The number of ether oxygens (including phenoxy) is 1. The Hall–Kier alpha value is -2.25. The first-order valence-electron chi connectivity index (χ1n) is 9.66. The average Bonchev–Trinajstić information content (AvgIpc) is 3.27. The molecule has 0 bridgehead atoms. The molecule has 0 spiro atoms. The molecule has 0 N–H and O–H groups in total. The largest absolute Gasteiger partial charge is 0.380 e. The molecular formula is C20H27N5O2. The normalized spacial score (nSPS) is 20.5. The Labute approximate surface area is 159 Å². The Morgan fingerprint density at radius 2 is 1.96 bits per heavy atom. The summed E-state index contributed by atoms with van der Waals surface area (Å²) < 4.78 is 7.39. The summed E-state index contributed by atoms with van der Waals surface area (Å²) in [5.41, 5.74) is 1.79. The predicted octanol–water partition coefficient (Wildman–Crippen LogP) is 1.89. The highest BCUT2D eigenvalue weighted by Gasteiger charge is 2.35. The fraction of sp³-hybridized carbons (Fsp3) is 0.550. The lowest BCUT2D eigenvalue weighted by Crippen LogP contribution is -2.32.